The summed E-state index contributed by atoms with van der Waals surface area (Å²) in [4.78, 5) is 35.9. The molecule has 5 rings (SSSR count). The van der Waals surface area contributed by atoms with Gasteiger partial charge in [0, 0.05) is 37.5 Å². The molecular weight excluding hydrogens is 509 g/mol. The van der Waals surface area contributed by atoms with Crippen molar-refractivity contribution in [2.24, 2.45) is 5.92 Å². The van der Waals surface area contributed by atoms with Gasteiger partial charge in [0.25, 0.3) is 0 Å². The van der Waals surface area contributed by atoms with Crippen LogP contribution < -0.4 is 10.6 Å². The molecule has 2 fully saturated rings. The zero-order chi connectivity index (χ0) is 28.2. The van der Waals surface area contributed by atoms with Crippen molar-refractivity contribution in [2.75, 3.05) is 23.7 Å². The smallest absolute Gasteiger partial charge is 0.245 e. The summed E-state index contributed by atoms with van der Waals surface area (Å²) >= 11 is 0. The van der Waals surface area contributed by atoms with E-state index >= 15 is 0 Å². The molecule has 1 aromatic carbocycles. The van der Waals surface area contributed by atoms with Crippen molar-refractivity contribution in [3.8, 4) is 0 Å². The summed E-state index contributed by atoms with van der Waals surface area (Å²) in [6, 6.07) is 7.61. The number of hydrogen-bond donors (Lipinski definition) is 2. The maximum atomic E-state index is 14.6. The Balaban J connectivity index is 1.30. The van der Waals surface area contributed by atoms with E-state index < -0.39 is 6.17 Å². The highest BCUT2D eigenvalue weighted by Gasteiger charge is 2.30. The zero-order valence-corrected chi connectivity index (χ0v) is 23.3. The van der Waals surface area contributed by atoms with Crippen LogP contribution in [0.4, 0.5) is 16.3 Å². The number of likely N-dealkylation sites (tertiary alicyclic amines) is 1. The van der Waals surface area contributed by atoms with E-state index in [0.29, 0.717) is 56.4 Å². The highest BCUT2D eigenvalue weighted by molar-refractivity contribution is 5.89. The molecule has 1 saturated heterocycles. The summed E-state index contributed by atoms with van der Waals surface area (Å²) in [6.45, 7) is 9.22. The normalized spacial score (nSPS) is 21.1. The lowest BCUT2D eigenvalue weighted by molar-refractivity contribution is -0.125. The van der Waals surface area contributed by atoms with Gasteiger partial charge >= 0.3 is 0 Å². The lowest BCUT2D eigenvalue weighted by Gasteiger charge is -2.26. The van der Waals surface area contributed by atoms with Crippen LogP contribution in [0.3, 0.4) is 0 Å². The minimum absolute atomic E-state index is 0.124. The van der Waals surface area contributed by atoms with Crippen molar-refractivity contribution in [3.63, 3.8) is 0 Å². The molecule has 2 aliphatic rings. The predicted octanol–water partition coefficient (Wildman–Crippen LogP) is 4.70. The molecule has 0 bridgehead atoms. The van der Waals surface area contributed by atoms with Gasteiger partial charge < -0.3 is 15.5 Å². The molecule has 1 aliphatic heterocycles. The number of aromatic nitrogens is 4. The van der Waals surface area contributed by atoms with Crippen molar-refractivity contribution in [2.45, 2.75) is 77.0 Å². The third kappa shape index (κ3) is 6.16. The lowest BCUT2D eigenvalue weighted by Crippen LogP contribution is -2.34. The Morgan fingerprint density at radius 1 is 1.18 bits per heavy atom. The highest BCUT2D eigenvalue weighted by atomic mass is 19.1. The van der Waals surface area contributed by atoms with E-state index in [1.807, 2.05) is 24.3 Å². The Kier molecular flexibility index (Phi) is 8.42. The number of carbonyl (C=O) groups excluding carboxylic acids is 2. The second-order valence-corrected chi connectivity index (χ2v) is 11.2. The summed E-state index contributed by atoms with van der Waals surface area (Å²) < 4.78 is 16.3. The topological polar surface area (TPSA) is 105 Å². The molecule has 40 heavy (non-hydrogen) atoms. The van der Waals surface area contributed by atoms with E-state index in [-0.39, 0.29) is 29.6 Å². The molecule has 3 atom stereocenters. The van der Waals surface area contributed by atoms with E-state index in [1.54, 1.807) is 15.6 Å². The van der Waals surface area contributed by atoms with Crippen LogP contribution in [0.5, 0.6) is 0 Å². The Hall–Kier alpha value is -3.82. The fraction of sp³-hybridized carbons (Fsp3) is 0.500. The number of halogens is 1. The van der Waals surface area contributed by atoms with Gasteiger partial charge in [0.15, 0.2) is 5.65 Å². The number of alkyl halides is 1. The van der Waals surface area contributed by atoms with Crippen LogP contribution in [0.1, 0.15) is 68.6 Å². The summed E-state index contributed by atoms with van der Waals surface area (Å²) in [5.74, 6) is 1.00. The number of anilines is 2. The standard InChI is InChI=1S/C30H38FN7O2/c1-4-27(40)37-13-12-22(18-37)26(39)15-20-8-7-9-21(14-20)16-32-30-36-29(34-25-11-6-5-10-24(25)31)35-28-23(19(2)3)17-33-38(28)30/h4,7-9,14,17,19,22,24-25H,1,5-6,10-13,15-16,18H2,2-3H3,(H2,32,34,35,36)/t22?,24-,25-/m1/s1. The summed E-state index contributed by atoms with van der Waals surface area (Å²) in [5, 5.41) is 11.2. The number of nitrogens with zero attached hydrogens (tertiary/aromatic N) is 5. The van der Waals surface area contributed by atoms with Crippen molar-refractivity contribution in [1.29, 1.82) is 0 Å². The third-order valence-corrected chi connectivity index (χ3v) is 7.96. The molecule has 1 unspecified atom stereocenters. The van der Waals surface area contributed by atoms with Gasteiger partial charge in [-0.3, -0.25) is 9.59 Å². The zero-order valence-electron chi connectivity index (χ0n) is 23.3. The van der Waals surface area contributed by atoms with Crippen LogP contribution >= 0.6 is 0 Å². The van der Waals surface area contributed by atoms with E-state index in [1.165, 1.54) is 6.08 Å². The number of nitrogens with one attached hydrogen (secondary N) is 2. The SMILES string of the molecule is C=CC(=O)N1CCC(C(=O)Cc2cccc(CNc3nc(N[C@@H]4CCCC[C@H]4F)nc4c(C(C)C)cnn34)c2)C1. The maximum Gasteiger partial charge on any atom is 0.245 e. The maximum absolute atomic E-state index is 14.6. The molecular formula is C30H38FN7O2. The summed E-state index contributed by atoms with van der Waals surface area (Å²) in [6.07, 6.45) is 6.40. The molecule has 0 radical (unpaired) electrons. The molecule has 9 nitrogen and oxygen atoms in total. The van der Waals surface area contributed by atoms with Gasteiger partial charge in [0.1, 0.15) is 12.0 Å². The Morgan fingerprint density at radius 3 is 2.75 bits per heavy atom. The van der Waals surface area contributed by atoms with Crippen molar-refractivity contribution >= 4 is 29.2 Å². The van der Waals surface area contributed by atoms with Crippen LogP contribution in [0, 0.1) is 5.92 Å². The molecule has 0 spiro atoms. The monoisotopic (exact) mass is 547 g/mol. The van der Waals surface area contributed by atoms with E-state index in [4.69, 9.17) is 4.98 Å². The number of ketones is 1. The number of benzene rings is 1. The predicted molar refractivity (Wildman–Crippen MR) is 153 cm³/mol. The molecule has 2 N–H and O–H groups in total. The molecule has 3 heterocycles. The summed E-state index contributed by atoms with van der Waals surface area (Å²) in [5.41, 5.74) is 3.62. The van der Waals surface area contributed by atoms with Gasteiger partial charge in [-0.15, -0.1) is 0 Å². The van der Waals surface area contributed by atoms with Crippen LogP contribution in [-0.4, -0.2) is 61.5 Å². The van der Waals surface area contributed by atoms with Crippen molar-refractivity contribution in [3.05, 3.63) is 59.8 Å². The average Bonchev–Trinajstić information content (AvgIpc) is 3.61. The first-order valence-corrected chi connectivity index (χ1v) is 14.2. The number of carbonyl (C=O) groups is 2. The minimum Gasteiger partial charge on any atom is -0.350 e. The number of Topliss-reactive ketones (excluding diaryl/α,β-unsaturated/α-hetero) is 1. The minimum atomic E-state index is -0.917. The first-order chi connectivity index (χ1) is 19.3. The Morgan fingerprint density at radius 2 is 1.98 bits per heavy atom. The molecule has 212 valence electrons. The summed E-state index contributed by atoms with van der Waals surface area (Å²) in [7, 11) is 0. The second kappa shape index (κ2) is 12.1. The largest absolute Gasteiger partial charge is 0.350 e. The third-order valence-electron chi connectivity index (χ3n) is 7.96. The van der Waals surface area contributed by atoms with Gasteiger partial charge in [0.2, 0.25) is 17.8 Å². The number of fused-ring (bicyclic) bond motifs is 1. The first-order valence-electron chi connectivity index (χ1n) is 14.2. The van der Waals surface area contributed by atoms with Crippen LogP contribution in [0.25, 0.3) is 5.65 Å². The molecule has 3 aromatic rings. The lowest BCUT2D eigenvalue weighted by atomic mass is 9.94. The van der Waals surface area contributed by atoms with E-state index in [0.717, 1.165) is 36.0 Å². The fourth-order valence-corrected chi connectivity index (χ4v) is 5.62. The molecule has 10 heteroatoms. The van der Waals surface area contributed by atoms with Gasteiger partial charge in [0.05, 0.1) is 12.2 Å². The van der Waals surface area contributed by atoms with E-state index in [2.05, 4.69) is 41.1 Å². The first kappa shape index (κ1) is 27.7. The Labute approximate surface area is 234 Å². The highest BCUT2D eigenvalue weighted by Crippen LogP contribution is 2.26. The Bertz CT molecular complexity index is 1390. The van der Waals surface area contributed by atoms with Gasteiger partial charge in [-0.2, -0.15) is 19.6 Å². The molecule has 1 amide bonds. The average molecular weight is 548 g/mol. The van der Waals surface area contributed by atoms with Crippen LogP contribution in [-0.2, 0) is 22.6 Å². The number of hydrogen-bond acceptors (Lipinski definition) is 7. The van der Waals surface area contributed by atoms with Crippen molar-refractivity contribution in [1.82, 2.24) is 24.5 Å². The molecule has 1 aliphatic carbocycles. The van der Waals surface area contributed by atoms with E-state index in [9.17, 15) is 14.0 Å². The molecule has 2 aromatic heterocycles. The fourth-order valence-electron chi connectivity index (χ4n) is 5.62. The number of amides is 1. The van der Waals surface area contributed by atoms with Crippen LogP contribution in [0.15, 0.2) is 43.1 Å². The molecule has 1 saturated carbocycles. The van der Waals surface area contributed by atoms with Crippen molar-refractivity contribution < 1.29 is 14.0 Å². The second-order valence-electron chi connectivity index (χ2n) is 11.2. The van der Waals surface area contributed by atoms with Gasteiger partial charge in [-0.25, -0.2) is 4.39 Å². The quantitative estimate of drug-likeness (QED) is 0.355. The number of rotatable bonds is 10. The van der Waals surface area contributed by atoms with Crippen LogP contribution in [0.2, 0.25) is 0 Å². The van der Waals surface area contributed by atoms with Gasteiger partial charge in [-0.1, -0.05) is 57.5 Å². The van der Waals surface area contributed by atoms with Gasteiger partial charge in [-0.05, 0) is 42.4 Å².